The molecule has 0 bridgehead atoms. The number of nitrogens with zero attached hydrogens (tertiary/aromatic N) is 3. The third-order valence-corrected chi connectivity index (χ3v) is 3.80. The summed E-state index contributed by atoms with van der Waals surface area (Å²) in [5, 5.41) is 14.1. The van der Waals surface area contributed by atoms with E-state index in [1.807, 2.05) is 0 Å². The van der Waals surface area contributed by atoms with Crippen LogP contribution in [-0.2, 0) is 15.6 Å². The van der Waals surface area contributed by atoms with Gasteiger partial charge in [0.1, 0.15) is 11.6 Å². The molecular weight excluding hydrogens is 332 g/mol. The predicted molar refractivity (Wildman–Crippen MR) is 67.4 cm³/mol. The second-order valence-electron chi connectivity index (χ2n) is 3.95. The molecule has 21 heavy (non-hydrogen) atoms. The van der Waals surface area contributed by atoms with Crippen LogP contribution in [-0.4, -0.2) is 23.1 Å². The number of nitro groups is 1. The maximum atomic E-state index is 13.5. The molecule has 1 heterocycles. The van der Waals surface area contributed by atoms with Crippen LogP contribution < -0.4 is 0 Å². The Balaban J connectivity index is 2.47. The van der Waals surface area contributed by atoms with Gasteiger partial charge in [0.25, 0.3) is 9.05 Å². The number of benzene rings is 1. The number of hydrogen-bond donors (Lipinski definition) is 0. The molecule has 1 aromatic carbocycles. The van der Waals surface area contributed by atoms with E-state index in [-0.39, 0.29) is 5.56 Å². The Morgan fingerprint density at radius 2 is 2.05 bits per heavy atom. The molecule has 112 valence electrons. The number of hydrogen-bond acceptors (Lipinski definition) is 5. The molecule has 0 spiro atoms. The standard InChI is InChI=1S/C10H6ClF2N3O4S/c11-21(19,20)9-5-15(14-10(9)16(17)18)4-6-3-7(12)1-2-8(6)13/h1-3,5H,4H2. The molecule has 2 rings (SSSR count). The van der Waals surface area contributed by atoms with Crippen molar-refractivity contribution in [3.8, 4) is 0 Å². The largest absolute Gasteiger partial charge is 0.410 e. The average molecular weight is 338 g/mol. The van der Waals surface area contributed by atoms with Crippen LogP contribution in [0.3, 0.4) is 0 Å². The molecule has 0 radical (unpaired) electrons. The third-order valence-electron chi connectivity index (χ3n) is 2.49. The van der Waals surface area contributed by atoms with Crippen LogP contribution in [0.15, 0.2) is 29.3 Å². The van der Waals surface area contributed by atoms with E-state index in [0.29, 0.717) is 0 Å². The lowest BCUT2D eigenvalue weighted by Gasteiger charge is -2.00. The highest BCUT2D eigenvalue weighted by Crippen LogP contribution is 2.25. The van der Waals surface area contributed by atoms with Crippen LogP contribution in [0.1, 0.15) is 5.56 Å². The van der Waals surface area contributed by atoms with Crippen LogP contribution in [0.2, 0.25) is 0 Å². The zero-order valence-electron chi connectivity index (χ0n) is 10.0. The van der Waals surface area contributed by atoms with Crippen molar-refractivity contribution in [2.75, 3.05) is 0 Å². The molecule has 11 heteroatoms. The van der Waals surface area contributed by atoms with E-state index in [4.69, 9.17) is 10.7 Å². The molecular formula is C10H6ClF2N3O4S. The molecule has 1 aromatic heterocycles. The van der Waals surface area contributed by atoms with Crippen molar-refractivity contribution in [2.45, 2.75) is 11.4 Å². The SMILES string of the molecule is O=[N+]([O-])c1nn(Cc2cc(F)ccc2F)cc1S(=O)(=O)Cl. The fourth-order valence-electron chi connectivity index (χ4n) is 1.61. The molecule has 0 amide bonds. The minimum absolute atomic E-state index is 0.147. The highest BCUT2D eigenvalue weighted by Gasteiger charge is 2.30. The highest BCUT2D eigenvalue weighted by atomic mass is 35.7. The maximum Gasteiger partial charge on any atom is 0.410 e. The average Bonchev–Trinajstić information content (AvgIpc) is 2.78. The molecule has 0 aliphatic rings. The Labute approximate surface area is 121 Å². The lowest BCUT2D eigenvalue weighted by atomic mass is 10.2. The number of aromatic nitrogens is 2. The topological polar surface area (TPSA) is 95.1 Å². The summed E-state index contributed by atoms with van der Waals surface area (Å²) in [4.78, 5) is 8.88. The van der Waals surface area contributed by atoms with E-state index in [2.05, 4.69) is 5.10 Å². The van der Waals surface area contributed by atoms with Gasteiger partial charge in [0.05, 0.1) is 17.8 Å². The van der Waals surface area contributed by atoms with Gasteiger partial charge in [0.2, 0.25) is 4.90 Å². The Morgan fingerprint density at radius 1 is 1.38 bits per heavy atom. The summed E-state index contributed by atoms with van der Waals surface area (Å²) >= 11 is 0. The minimum atomic E-state index is -4.39. The maximum absolute atomic E-state index is 13.5. The second-order valence-corrected chi connectivity index (χ2v) is 6.48. The molecule has 7 nitrogen and oxygen atoms in total. The van der Waals surface area contributed by atoms with Gasteiger partial charge in [-0.1, -0.05) is 0 Å². The van der Waals surface area contributed by atoms with Gasteiger partial charge in [0.15, 0.2) is 0 Å². The van der Waals surface area contributed by atoms with Crippen molar-refractivity contribution in [3.63, 3.8) is 0 Å². The lowest BCUT2D eigenvalue weighted by molar-refractivity contribution is -0.392. The Hall–Kier alpha value is -2.07. The van der Waals surface area contributed by atoms with E-state index in [9.17, 15) is 27.3 Å². The number of rotatable bonds is 4. The van der Waals surface area contributed by atoms with Crippen molar-refractivity contribution < 1.29 is 22.1 Å². The quantitative estimate of drug-likeness (QED) is 0.483. The van der Waals surface area contributed by atoms with Gasteiger partial charge in [-0.3, -0.25) is 0 Å². The first-order valence-electron chi connectivity index (χ1n) is 5.29. The van der Waals surface area contributed by atoms with Gasteiger partial charge in [-0.2, -0.15) is 4.68 Å². The summed E-state index contributed by atoms with van der Waals surface area (Å²) < 4.78 is 49.7. The van der Waals surface area contributed by atoms with E-state index < -0.39 is 42.9 Å². The Bertz CT molecular complexity index is 822. The van der Waals surface area contributed by atoms with E-state index in [0.717, 1.165) is 29.1 Å². The molecule has 2 aromatic rings. The first kappa shape index (κ1) is 15.3. The van der Waals surface area contributed by atoms with Crippen LogP contribution in [0, 0.1) is 21.7 Å². The van der Waals surface area contributed by atoms with E-state index >= 15 is 0 Å². The monoisotopic (exact) mass is 337 g/mol. The summed E-state index contributed by atoms with van der Waals surface area (Å²) in [5.74, 6) is -2.45. The minimum Gasteiger partial charge on any atom is -0.358 e. The Kier molecular flexibility index (Phi) is 3.92. The van der Waals surface area contributed by atoms with Crippen molar-refractivity contribution in [1.82, 2.24) is 9.78 Å². The van der Waals surface area contributed by atoms with Crippen LogP contribution in [0.25, 0.3) is 0 Å². The zero-order chi connectivity index (χ0) is 15.8. The summed E-state index contributed by atoms with van der Waals surface area (Å²) in [6.45, 7) is -0.392. The van der Waals surface area contributed by atoms with Gasteiger partial charge >= 0.3 is 5.82 Å². The Morgan fingerprint density at radius 3 is 2.57 bits per heavy atom. The molecule has 0 fully saturated rings. The van der Waals surface area contributed by atoms with Crippen LogP contribution in [0.5, 0.6) is 0 Å². The van der Waals surface area contributed by atoms with Gasteiger partial charge in [-0.25, -0.2) is 17.2 Å². The molecule has 0 aliphatic heterocycles. The van der Waals surface area contributed by atoms with Crippen molar-refractivity contribution in [3.05, 3.63) is 51.7 Å². The molecule has 0 N–H and O–H groups in total. The van der Waals surface area contributed by atoms with Gasteiger partial charge < -0.3 is 10.1 Å². The van der Waals surface area contributed by atoms with Crippen molar-refractivity contribution in [2.24, 2.45) is 0 Å². The van der Waals surface area contributed by atoms with E-state index in [1.54, 1.807) is 0 Å². The summed E-state index contributed by atoms with van der Waals surface area (Å²) in [7, 11) is 0.672. The molecule has 0 atom stereocenters. The predicted octanol–water partition coefficient (Wildman–Crippen LogP) is 2.05. The fourth-order valence-corrected chi connectivity index (χ4v) is 2.52. The first-order valence-corrected chi connectivity index (χ1v) is 7.60. The molecule has 0 aliphatic carbocycles. The van der Waals surface area contributed by atoms with Crippen molar-refractivity contribution in [1.29, 1.82) is 0 Å². The van der Waals surface area contributed by atoms with Crippen LogP contribution >= 0.6 is 10.7 Å². The molecule has 0 saturated heterocycles. The van der Waals surface area contributed by atoms with Crippen LogP contribution in [0.4, 0.5) is 14.6 Å². The summed E-state index contributed by atoms with van der Waals surface area (Å²) in [6, 6.07) is 2.65. The second kappa shape index (κ2) is 5.37. The lowest BCUT2D eigenvalue weighted by Crippen LogP contribution is -2.03. The molecule has 0 saturated carbocycles. The zero-order valence-corrected chi connectivity index (χ0v) is 11.6. The van der Waals surface area contributed by atoms with Gasteiger partial charge in [-0.15, -0.1) is 0 Å². The first-order chi connectivity index (χ1) is 9.68. The van der Waals surface area contributed by atoms with Gasteiger partial charge in [0, 0.05) is 16.2 Å². The highest BCUT2D eigenvalue weighted by molar-refractivity contribution is 8.13. The fraction of sp³-hybridized carbons (Fsp3) is 0.100. The van der Waals surface area contributed by atoms with Crippen molar-refractivity contribution >= 4 is 25.6 Å². The third kappa shape index (κ3) is 3.34. The van der Waals surface area contributed by atoms with E-state index in [1.165, 1.54) is 0 Å². The van der Waals surface area contributed by atoms with Gasteiger partial charge in [-0.05, 0) is 23.1 Å². The molecule has 0 unspecified atom stereocenters. The summed E-state index contributed by atoms with van der Waals surface area (Å²) in [5.41, 5.74) is -0.147. The normalized spacial score (nSPS) is 11.6. The number of halogens is 3. The summed E-state index contributed by atoms with van der Waals surface area (Å²) in [6.07, 6.45) is 0.783. The smallest absolute Gasteiger partial charge is 0.358 e.